The van der Waals surface area contributed by atoms with Crippen LogP contribution in [0.2, 0.25) is 0 Å². The fraction of sp³-hybridized carbons (Fsp3) is 0.571. The van der Waals surface area contributed by atoms with Gasteiger partial charge in [0, 0.05) is 26.1 Å². The number of rotatable bonds is 4. The monoisotopic (exact) mass is 280 g/mol. The van der Waals surface area contributed by atoms with Gasteiger partial charge in [-0.15, -0.1) is 0 Å². The maximum atomic E-state index is 12.4. The average Bonchev–Trinajstić information content (AvgIpc) is 2.95. The van der Waals surface area contributed by atoms with Crippen molar-refractivity contribution in [2.75, 3.05) is 26.2 Å². The molecule has 6 heteroatoms. The van der Waals surface area contributed by atoms with E-state index in [0.29, 0.717) is 26.2 Å². The first-order valence-electron chi connectivity index (χ1n) is 6.94. The van der Waals surface area contributed by atoms with Crippen LogP contribution < -0.4 is 5.32 Å². The van der Waals surface area contributed by atoms with Gasteiger partial charge in [-0.1, -0.05) is 6.92 Å². The quantitative estimate of drug-likeness (QED) is 0.827. The second kappa shape index (κ2) is 6.56. The number of hydrogen-bond donors (Lipinski definition) is 1. The molecule has 0 saturated carbocycles. The zero-order valence-corrected chi connectivity index (χ0v) is 11.8. The molecule has 1 fully saturated rings. The molecule has 1 atom stereocenters. The molecule has 1 unspecified atom stereocenters. The summed E-state index contributed by atoms with van der Waals surface area (Å²) >= 11 is 0. The first-order chi connectivity index (χ1) is 9.67. The molecule has 0 bridgehead atoms. The zero-order chi connectivity index (χ0) is 14.5. The third kappa shape index (κ3) is 3.01. The lowest BCUT2D eigenvalue weighted by Gasteiger charge is -2.33. The Morgan fingerprint density at radius 3 is 2.90 bits per heavy atom. The number of furan rings is 1. The number of esters is 1. The van der Waals surface area contributed by atoms with Gasteiger partial charge in [0.15, 0.2) is 5.76 Å². The second-order valence-corrected chi connectivity index (χ2v) is 4.59. The molecule has 1 aliphatic heterocycles. The molecular formula is C14H20N2O4. The largest absolute Gasteiger partial charge is 0.464 e. The minimum atomic E-state index is -0.591. The molecule has 6 nitrogen and oxygen atoms in total. The number of carbonyl (C=O) groups excluding carboxylic acids is 2. The molecule has 1 N–H and O–H groups in total. The van der Waals surface area contributed by atoms with Crippen LogP contribution in [-0.2, 0) is 16.0 Å². The van der Waals surface area contributed by atoms with E-state index in [1.54, 1.807) is 19.1 Å². The third-order valence-corrected chi connectivity index (χ3v) is 3.28. The number of carbonyl (C=O) groups is 2. The van der Waals surface area contributed by atoms with E-state index in [9.17, 15) is 9.59 Å². The maximum absolute atomic E-state index is 12.4. The summed E-state index contributed by atoms with van der Waals surface area (Å²) in [5.41, 5.74) is 0. The highest BCUT2D eigenvalue weighted by molar-refractivity contribution is 5.94. The van der Waals surface area contributed by atoms with Crippen molar-refractivity contribution in [1.82, 2.24) is 10.2 Å². The third-order valence-electron chi connectivity index (χ3n) is 3.28. The lowest BCUT2D eigenvalue weighted by molar-refractivity contribution is -0.149. The second-order valence-electron chi connectivity index (χ2n) is 4.59. The molecule has 1 amide bonds. The van der Waals surface area contributed by atoms with Crippen molar-refractivity contribution in [1.29, 1.82) is 0 Å². The number of hydrogen-bond acceptors (Lipinski definition) is 5. The fourth-order valence-electron chi connectivity index (χ4n) is 2.22. The number of aryl methyl sites for hydroxylation is 1. The minimum Gasteiger partial charge on any atom is -0.464 e. The van der Waals surface area contributed by atoms with Gasteiger partial charge in [0.05, 0.1) is 6.61 Å². The van der Waals surface area contributed by atoms with Gasteiger partial charge in [-0.05, 0) is 19.1 Å². The topological polar surface area (TPSA) is 71.8 Å². The van der Waals surface area contributed by atoms with Crippen molar-refractivity contribution < 1.29 is 18.7 Å². The predicted molar refractivity (Wildman–Crippen MR) is 72.4 cm³/mol. The summed E-state index contributed by atoms with van der Waals surface area (Å²) in [4.78, 5) is 25.9. The number of nitrogens with zero attached hydrogens (tertiary/aromatic N) is 1. The first kappa shape index (κ1) is 14.6. The van der Waals surface area contributed by atoms with E-state index in [1.807, 2.05) is 6.92 Å². The molecule has 20 heavy (non-hydrogen) atoms. The lowest BCUT2D eigenvalue weighted by atomic mass is 10.2. The van der Waals surface area contributed by atoms with E-state index in [4.69, 9.17) is 9.15 Å². The number of ether oxygens (including phenoxy) is 1. The van der Waals surface area contributed by atoms with Crippen LogP contribution in [0.3, 0.4) is 0 Å². The van der Waals surface area contributed by atoms with Crippen LogP contribution in [-0.4, -0.2) is 49.1 Å². The van der Waals surface area contributed by atoms with Crippen molar-refractivity contribution in [3.63, 3.8) is 0 Å². The highest BCUT2D eigenvalue weighted by atomic mass is 16.5. The minimum absolute atomic E-state index is 0.260. The number of piperazine rings is 1. The van der Waals surface area contributed by atoms with Gasteiger partial charge in [0.2, 0.25) is 0 Å². The summed E-state index contributed by atoms with van der Waals surface area (Å²) in [5, 5.41) is 3.10. The van der Waals surface area contributed by atoms with Gasteiger partial charge in [0.1, 0.15) is 11.8 Å². The molecule has 110 valence electrons. The lowest BCUT2D eigenvalue weighted by Crippen LogP contribution is -2.57. The Bertz CT molecular complexity index is 483. The van der Waals surface area contributed by atoms with Crippen LogP contribution in [0.15, 0.2) is 16.5 Å². The van der Waals surface area contributed by atoms with Gasteiger partial charge in [-0.3, -0.25) is 4.79 Å². The SMILES string of the molecule is CCOC(=O)C1CNCCN1C(=O)c1ccc(CC)o1. The summed E-state index contributed by atoms with van der Waals surface area (Å²) in [6, 6.07) is 2.85. The Kier molecular flexibility index (Phi) is 4.79. The van der Waals surface area contributed by atoms with E-state index < -0.39 is 6.04 Å². The molecule has 2 heterocycles. The van der Waals surface area contributed by atoms with Crippen LogP contribution in [0.5, 0.6) is 0 Å². The highest BCUT2D eigenvalue weighted by Gasteiger charge is 2.34. The average molecular weight is 280 g/mol. The summed E-state index contributed by atoms with van der Waals surface area (Å²) in [6.07, 6.45) is 0.732. The van der Waals surface area contributed by atoms with E-state index in [2.05, 4.69) is 5.32 Å². The zero-order valence-electron chi connectivity index (χ0n) is 11.8. The Balaban J connectivity index is 2.14. The summed E-state index contributed by atoms with van der Waals surface area (Å²) in [7, 11) is 0. The van der Waals surface area contributed by atoms with Gasteiger partial charge in [0.25, 0.3) is 5.91 Å². The Labute approximate surface area is 118 Å². The molecular weight excluding hydrogens is 260 g/mol. The van der Waals surface area contributed by atoms with Crippen molar-refractivity contribution in [2.45, 2.75) is 26.3 Å². The van der Waals surface area contributed by atoms with Crippen molar-refractivity contribution in [3.05, 3.63) is 23.7 Å². The molecule has 1 aromatic heterocycles. The smallest absolute Gasteiger partial charge is 0.330 e. The molecule has 1 aromatic rings. The standard InChI is InChI=1S/C14H20N2O4/c1-3-10-5-6-12(20-10)13(17)16-8-7-15-9-11(16)14(18)19-4-2/h5-6,11,15H,3-4,7-9H2,1-2H3. The molecule has 0 radical (unpaired) electrons. The predicted octanol–water partition coefficient (Wildman–Crippen LogP) is 0.819. The first-order valence-corrected chi connectivity index (χ1v) is 6.94. The fourth-order valence-corrected chi connectivity index (χ4v) is 2.22. The van der Waals surface area contributed by atoms with Crippen molar-refractivity contribution in [2.24, 2.45) is 0 Å². The highest BCUT2D eigenvalue weighted by Crippen LogP contribution is 2.15. The van der Waals surface area contributed by atoms with E-state index >= 15 is 0 Å². The van der Waals surface area contributed by atoms with Crippen molar-refractivity contribution >= 4 is 11.9 Å². The molecule has 0 spiro atoms. The number of amides is 1. The van der Waals surface area contributed by atoms with E-state index in [-0.39, 0.29) is 17.6 Å². The maximum Gasteiger partial charge on any atom is 0.330 e. The Hall–Kier alpha value is -1.82. The summed E-state index contributed by atoms with van der Waals surface area (Å²) in [5.74, 6) is 0.397. The molecule has 1 saturated heterocycles. The van der Waals surface area contributed by atoms with Gasteiger partial charge in [-0.2, -0.15) is 0 Å². The summed E-state index contributed by atoms with van der Waals surface area (Å²) in [6.45, 7) is 5.54. The van der Waals surface area contributed by atoms with E-state index in [1.165, 1.54) is 4.90 Å². The van der Waals surface area contributed by atoms with Crippen LogP contribution in [0.4, 0.5) is 0 Å². The molecule has 1 aliphatic rings. The summed E-state index contributed by atoms with van der Waals surface area (Å²) < 4.78 is 10.5. The van der Waals surface area contributed by atoms with Crippen LogP contribution in [0, 0.1) is 0 Å². The molecule has 0 aromatic carbocycles. The Morgan fingerprint density at radius 1 is 1.45 bits per heavy atom. The van der Waals surface area contributed by atoms with Gasteiger partial charge < -0.3 is 19.4 Å². The van der Waals surface area contributed by atoms with Gasteiger partial charge >= 0.3 is 5.97 Å². The molecule has 2 rings (SSSR count). The van der Waals surface area contributed by atoms with Gasteiger partial charge in [-0.25, -0.2) is 4.79 Å². The van der Waals surface area contributed by atoms with Crippen LogP contribution in [0.25, 0.3) is 0 Å². The van der Waals surface area contributed by atoms with E-state index in [0.717, 1.165) is 12.2 Å². The van der Waals surface area contributed by atoms with Crippen LogP contribution in [0.1, 0.15) is 30.2 Å². The Morgan fingerprint density at radius 2 is 2.25 bits per heavy atom. The molecule has 0 aliphatic carbocycles. The van der Waals surface area contributed by atoms with Crippen LogP contribution >= 0.6 is 0 Å². The number of nitrogens with one attached hydrogen (secondary N) is 1. The normalized spacial score (nSPS) is 18.9. The van der Waals surface area contributed by atoms with Crippen molar-refractivity contribution in [3.8, 4) is 0 Å².